The van der Waals surface area contributed by atoms with Crippen LogP contribution in [-0.2, 0) is 32.7 Å². The van der Waals surface area contributed by atoms with Crippen LogP contribution in [0.3, 0.4) is 0 Å². The number of hydrogen-bond donors (Lipinski definition) is 3. The predicted molar refractivity (Wildman–Crippen MR) is 212 cm³/mol. The van der Waals surface area contributed by atoms with E-state index in [-0.39, 0.29) is 32.6 Å². The third-order valence-corrected chi connectivity index (χ3v) is 8.68. The number of carbonyl (C=O) groups excluding carboxylic acids is 2. The quantitative estimate of drug-likeness (QED) is 0.0187. The molecule has 0 saturated carbocycles. The van der Waals surface area contributed by atoms with Gasteiger partial charge in [0.1, 0.15) is 6.61 Å². The Morgan fingerprint density at radius 1 is 0.692 bits per heavy atom. The van der Waals surface area contributed by atoms with Crippen LogP contribution < -0.4 is 5.73 Å². The van der Waals surface area contributed by atoms with Gasteiger partial charge in [-0.05, 0) is 44.9 Å². The van der Waals surface area contributed by atoms with E-state index in [0.29, 0.717) is 19.3 Å². The van der Waals surface area contributed by atoms with Crippen molar-refractivity contribution in [3.63, 3.8) is 0 Å². The van der Waals surface area contributed by atoms with Gasteiger partial charge >= 0.3 is 19.8 Å². The number of hydrogen-bond acceptors (Lipinski definition) is 9. The first-order chi connectivity index (χ1) is 25.2. The molecule has 52 heavy (non-hydrogen) atoms. The molecule has 3 atom stereocenters. The standard InChI is InChI=1S/C41H70NO9P/c1-3-5-7-8-9-10-14-19-22-25-29-33-41(45)51-39(37-50-52(46,47)49-35-34-42)36-48-40(44)32-28-24-21-18-16-13-11-12-15-17-20-23-27-31-38(43)30-26-6-4-2/h6,12-13,15-16,20-21,23-24,26-27,31,38-39,43H,3-5,7-11,14,17-19,22,25,28-30,32-37,42H2,1-2H3,(H,46,47)/b15-12-,16-13-,23-20+,24-21-,26-6-,31-27+/t38?,39-/m1/s1. The fourth-order valence-electron chi connectivity index (χ4n) is 4.80. The van der Waals surface area contributed by atoms with E-state index in [1.165, 1.54) is 44.9 Å². The van der Waals surface area contributed by atoms with Gasteiger partial charge in [-0.15, -0.1) is 0 Å². The molecule has 0 aliphatic carbocycles. The zero-order chi connectivity index (χ0) is 38.4. The fraction of sp³-hybridized carbons (Fsp3) is 0.659. The summed E-state index contributed by atoms with van der Waals surface area (Å²) >= 11 is 0. The van der Waals surface area contributed by atoms with Crippen LogP contribution in [0.25, 0.3) is 0 Å². The van der Waals surface area contributed by atoms with E-state index in [0.717, 1.165) is 44.9 Å². The molecule has 0 spiro atoms. The maximum absolute atomic E-state index is 12.5. The second-order valence-electron chi connectivity index (χ2n) is 12.6. The summed E-state index contributed by atoms with van der Waals surface area (Å²) in [6.45, 7) is 3.39. The van der Waals surface area contributed by atoms with Crippen molar-refractivity contribution < 1.29 is 42.7 Å². The summed E-state index contributed by atoms with van der Waals surface area (Å²) in [5.74, 6) is -0.955. The van der Waals surface area contributed by atoms with Gasteiger partial charge in [0.15, 0.2) is 6.10 Å². The number of rotatable bonds is 35. The Labute approximate surface area is 314 Å². The molecule has 2 unspecified atom stereocenters. The average Bonchev–Trinajstić information content (AvgIpc) is 3.12. The molecule has 4 N–H and O–H groups in total. The van der Waals surface area contributed by atoms with E-state index < -0.39 is 38.6 Å². The number of esters is 2. The summed E-state index contributed by atoms with van der Waals surface area (Å²) in [5.41, 5.74) is 5.32. The number of aliphatic hydroxyl groups excluding tert-OH is 1. The number of aliphatic hydroxyl groups is 1. The van der Waals surface area contributed by atoms with E-state index in [1.54, 1.807) is 6.08 Å². The number of ether oxygens (including phenoxy) is 2. The van der Waals surface area contributed by atoms with Crippen molar-refractivity contribution in [1.82, 2.24) is 0 Å². The lowest BCUT2D eigenvalue weighted by Gasteiger charge is -2.19. The van der Waals surface area contributed by atoms with E-state index in [9.17, 15) is 24.2 Å². The molecule has 0 saturated heterocycles. The number of phosphoric ester groups is 1. The summed E-state index contributed by atoms with van der Waals surface area (Å²) in [4.78, 5) is 34.7. The van der Waals surface area contributed by atoms with Crippen LogP contribution in [0.2, 0.25) is 0 Å². The number of nitrogens with two attached hydrogens (primary N) is 1. The lowest BCUT2D eigenvalue weighted by atomic mass is 10.1. The monoisotopic (exact) mass is 751 g/mol. The molecule has 0 aliphatic heterocycles. The van der Waals surface area contributed by atoms with Crippen molar-refractivity contribution >= 4 is 19.8 Å². The molecule has 0 aromatic carbocycles. The lowest BCUT2D eigenvalue weighted by Crippen LogP contribution is -2.29. The Balaban J connectivity index is 4.37. The van der Waals surface area contributed by atoms with Gasteiger partial charge in [-0.3, -0.25) is 18.6 Å². The minimum Gasteiger partial charge on any atom is -0.462 e. The number of phosphoric acid groups is 1. The third-order valence-electron chi connectivity index (χ3n) is 7.70. The summed E-state index contributed by atoms with van der Waals surface area (Å²) < 4.78 is 32.5. The fourth-order valence-corrected chi connectivity index (χ4v) is 5.57. The average molecular weight is 752 g/mol. The molecular formula is C41H70NO9P. The first kappa shape index (κ1) is 49.4. The molecule has 0 aromatic heterocycles. The molecule has 0 heterocycles. The lowest BCUT2D eigenvalue weighted by molar-refractivity contribution is -0.161. The van der Waals surface area contributed by atoms with E-state index in [2.05, 4.69) is 38.2 Å². The van der Waals surface area contributed by atoms with E-state index >= 15 is 0 Å². The van der Waals surface area contributed by atoms with Crippen LogP contribution in [0.15, 0.2) is 72.9 Å². The summed E-state index contributed by atoms with van der Waals surface area (Å²) in [6.07, 6.45) is 39.9. The Kier molecular flexibility index (Phi) is 34.9. The van der Waals surface area contributed by atoms with Crippen LogP contribution in [-0.4, -0.2) is 60.5 Å². The summed E-state index contributed by atoms with van der Waals surface area (Å²) in [6, 6.07) is 0. The summed E-state index contributed by atoms with van der Waals surface area (Å²) in [5, 5.41) is 9.82. The van der Waals surface area contributed by atoms with Gasteiger partial charge < -0.3 is 25.2 Å². The van der Waals surface area contributed by atoms with Crippen LogP contribution in [0.4, 0.5) is 0 Å². The largest absolute Gasteiger partial charge is 0.472 e. The Morgan fingerprint density at radius 2 is 1.29 bits per heavy atom. The zero-order valence-electron chi connectivity index (χ0n) is 32.1. The smallest absolute Gasteiger partial charge is 0.462 e. The summed E-state index contributed by atoms with van der Waals surface area (Å²) in [7, 11) is -4.40. The van der Waals surface area contributed by atoms with Gasteiger partial charge in [0.05, 0.1) is 19.3 Å². The van der Waals surface area contributed by atoms with Gasteiger partial charge in [0.2, 0.25) is 0 Å². The molecule has 0 amide bonds. The number of allylic oxidation sites excluding steroid dienone is 10. The highest BCUT2D eigenvalue weighted by molar-refractivity contribution is 7.47. The maximum Gasteiger partial charge on any atom is 0.472 e. The molecule has 10 nitrogen and oxygen atoms in total. The second-order valence-corrected chi connectivity index (χ2v) is 14.1. The van der Waals surface area contributed by atoms with Crippen LogP contribution >= 0.6 is 7.82 Å². The van der Waals surface area contributed by atoms with Gasteiger partial charge in [0, 0.05) is 19.4 Å². The van der Waals surface area contributed by atoms with Crippen molar-refractivity contribution in [3.05, 3.63) is 72.9 Å². The Bertz CT molecular complexity index is 1100. The highest BCUT2D eigenvalue weighted by Gasteiger charge is 2.25. The first-order valence-corrected chi connectivity index (χ1v) is 21.0. The van der Waals surface area contributed by atoms with Crippen LogP contribution in [0.1, 0.15) is 136 Å². The SMILES string of the molecule is CC/C=C\CC(O)/C=C/C=C/C/C=C\C/C=C\C/C=C\CCC(=O)OC[C@H](COP(=O)(O)OCCN)OC(=O)CCCCCCCCCCCCC. The normalized spacial score (nSPS) is 14.8. The number of unbranched alkanes of at least 4 members (excludes halogenated alkanes) is 10. The third kappa shape index (κ3) is 35.8. The zero-order valence-corrected chi connectivity index (χ0v) is 33.0. The molecule has 0 radical (unpaired) electrons. The highest BCUT2D eigenvalue weighted by Crippen LogP contribution is 2.43. The van der Waals surface area contributed by atoms with Crippen molar-refractivity contribution in [2.75, 3.05) is 26.4 Å². The van der Waals surface area contributed by atoms with E-state index in [1.807, 2.05) is 42.5 Å². The predicted octanol–water partition coefficient (Wildman–Crippen LogP) is 9.68. The molecule has 0 aromatic rings. The molecular weight excluding hydrogens is 681 g/mol. The van der Waals surface area contributed by atoms with Crippen LogP contribution in [0.5, 0.6) is 0 Å². The number of carbonyl (C=O) groups is 2. The van der Waals surface area contributed by atoms with Crippen LogP contribution in [0, 0.1) is 0 Å². The van der Waals surface area contributed by atoms with Crippen molar-refractivity contribution in [2.45, 2.75) is 148 Å². The topological polar surface area (TPSA) is 155 Å². The minimum atomic E-state index is -4.40. The van der Waals surface area contributed by atoms with Crippen molar-refractivity contribution in [1.29, 1.82) is 0 Å². The Morgan fingerprint density at radius 3 is 1.90 bits per heavy atom. The van der Waals surface area contributed by atoms with Gasteiger partial charge in [0.25, 0.3) is 0 Å². The van der Waals surface area contributed by atoms with Gasteiger partial charge in [-0.2, -0.15) is 0 Å². The molecule has 0 bridgehead atoms. The molecule has 298 valence electrons. The van der Waals surface area contributed by atoms with Gasteiger partial charge in [-0.1, -0.05) is 151 Å². The highest BCUT2D eigenvalue weighted by atomic mass is 31.2. The maximum atomic E-state index is 12.5. The minimum absolute atomic E-state index is 0.0353. The molecule has 0 aliphatic rings. The molecule has 0 fully saturated rings. The van der Waals surface area contributed by atoms with E-state index in [4.69, 9.17) is 24.3 Å². The first-order valence-electron chi connectivity index (χ1n) is 19.5. The Hall–Kier alpha value is -2.59. The van der Waals surface area contributed by atoms with Gasteiger partial charge in [-0.25, -0.2) is 4.57 Å². The second kappa shape index (κ2) is 36.8. The van der Waals surface area contributed by atoms with Crippen molar-refractivity contribution in [2.24, 2.45) is 5.73 Å². The molecule has 0 rings (SSSR count). The van der Waals surface area contributed by atoms with Crippen molar-refractivity contribution in [3.8, 4) is 0 Å². The molecule has 11 heteroatoms.